The van der Waals surface area contributed by atoms with Crippen molar-refractivity contribution in [1.82, 2.24) is 9.97 Å². The maximum absolute atomic E-state index is 5.71. The molecule has 0 saturated heterocycles. The standard InChI is InChI=1S/C13H15N3O/c1-3-17-11-6-4-5-10(8-11)13-15-9(2)7-12(14)16-13/h4-8H,3H2,1-2H3,(H2,14,15,16). The van der Waals surface area contributed by atoms with Gasteiger partial charge in [0.05, 0.1) is 6.61 Å². The van der Waals surface area contributed by atoms with Gasteiger partial charge in [0, 0.05) is 17.3 Å². The van der Waals surface area contributed by atoms with Crippen molar-refractivity contribution in [1.29, 1.82) is 0 Å². The van der Waals surface area contributed by atoms with E-state index in [1.165, 1.54) is 0 Å². The van der Waals surface area contributed by atoms with E-state index in [4.69, 9.17) is 10.5 Å². The van der Waals surface area contributed by atoms with Gasteiger partial charge in [-0.1, -0.05) is 12.1 Å². The number of rotatable bonds is 3. The molecule has 0 unspecified atom stereocenters. The Labute approximate surface area is 100 Å². The van der Waals surface area contributed by atoms with Gasteiger partial charge in [-0.3, -0.25) is 0 Å². The van der Waals surface area contributed by atoms with Crippen molar-refractivity contribution in [3.05, 3.63) is 36.0 Å². The van der Waals surface area contributed by atoms with Gasteiger partial charge in [-0.25, -0.2) is 9.97 Å². The highest BCUT2D eigenvalue weighted by Gasteiger charge is 2.04. The summed E-state index contributed by atoms with van der Waals surface area (Å²) in [5, 5.41) is 0. The molecule has 1 aromatic heterocycles. The summed E-state index contributed by atoms with van der Waals surface area (Å²) < 4.78 is 5.44. The molecule has 1 heterocycles. The second-order valence-electron chi connectivity index (χ2n) is 3.72. The Morgan fingerprint density at radius 3 is 2.76 bits per heavy atom. The molecule has 0 fully saturated rings. The van der Waals surface area contributed by atoms with Crippen molar-refractivity contribution in [2.75, 3.05) is 12.3 Å². The average Bonchev–Trinajstić information content (AvgIpc) is 2.28. The summed E-state index contributed by atoms with van der Waals surface area (Å²) in [6.07, 6.45) is 0. The Bertz CT molecular complexity index is 506. The molecular formula is C13H15N3O. The van der Waals surface area contributed by atoms with Crippen LogP contribution < -0.4 is 10.5 Å². The molecule has 0 aliphatic carbocycles. The highest BCUT2D eigenvalue weighted by Crippen LogP contribution is 2.21. The summed E-state index contributed by atoms with van der Waals surface area (Å²) in [5.41, 5.74) is 7.48. The number of anilines is 1. The minimum absolute atomic E-state index is 0.481. The molecular weight excluding hydrogens is 214 g/mol. The molecule has 88 valence electrons. The molecule has 2 N–H and O–H groups in total. The maximum atomic E-state index is 5.71. The molecule has 4 nitrogen and oxygen atoms in total. The summed E-state index contributed by atoms with van der Waals surface area (Å²) in [5.74, 6) is 1.92. The zero-order valence-corrected chi connectivity index (χ0v) is 9.97. The van der Waals surface area contributed by atoms with Crippen LogP contribution in [0.1, 0.15) is 12.6 Å². The summed E-state index contributed by atoms with van der Waals surface area (Å²) in [6, 6.07) is 9.43. The Kier molecular flexibility index (Phi) is 3.23. The van der Waals surface area contributed by atoms with Crippen LogP contribution in [0.2, 0.25) is 0 Å². The van der Waals surface area contributed by atoms with Gasteiger partial charge in [-0.15, -0.1) is 0 Å². The zero-order chi connectivity index (χ0) is 12.3. The number of ether oxygens (including phenoxy) is 1. The highest BCUT2D eigenvalue weighted by atomic mass is 16.5. The number of nitrogens with two attached hydrogens (primary N) is 1. The Morgan fingerprint density at radius 2 is 2.06 bits per heavy atom. The number of aryl methyl sites for hydroxylation is 1. The lowest BCUT2D eigenvalue weighted by Crippen LogP contribution is -1.98. The lowest BCUT2D eigenvalue weighted by atomic mass is 10.2. The van der Waals surface area contributed by atoms with Crippen LogP contribution in [-0.4, -0.2) is 16.6 Å². The molecule has 0 amide bonds. The number of benzene rings is 1. The molecule has 0 saturated carbocycles. The molecule has 0 aliphatic heterocycles. The first-order chi connectivity index (χ1) is 8.19. The van der Waals surface area contributed by atoms with E-state index in [9.17, 15) is 0 Å². The van der Waals surface area contributed by atoms with Gasteiger partial charge in [0.1, 0.15) is 11.6 Å². The van der Waals surface area contributed by atoms with E-state index in [1.54, 1.807) is 6.07 Å². The molecule has 17 heavy (non-hydrogen) atoms. The minimum atomic E-state index is 0.481. The Morgan fingerprint density at radius 1 is 1.24 bits per heavy atom. The SMILES string of the molecule is CCOc1cccc(-c2nc(C)cc(N)n2)c1. The van der Waals surface area contributed by atoms with E-state index in [2.05, 4.69) is 9.97 Å². The van der Waals surface area contributed by atoms with Crippen molar-refractivity contribution in [3.63, 3.8) is 0 Å². The summed E-state index contributed by atoms with van der Waals surface area (Å²) in [4.78, 5) is 8.58. The molecule has 0 atom stereocenters. The van der Waals surface area contributed by atoms with Crippen molar-refractivity contribution in [2.24, 2.45) is 0 Å². The van der Waals surface area contributed by atoms with E-state index in [1.807, 2.05) is 38.1 Å². The molecule has 0 bridgehead atoms. The van der Waals surface area contributed by atoms with Crippen LogP contribution in [0, 0.1) is 6.92 Å². The topological polar surface area (TPSA) is 61.0 Å². The predicted octanol–water partition coefficient (Wildman–Crippen LogP) is 2.43. The van der Waals surface area contributed by atoms with Crippen LogP contribution in [0.5, 0.6) is 5.75 Å². The summed E-state index contributed by atoms with van der Waals surface area (Å²) >= 11 is 0. The van der Waals surface area contributed by atoms with Gasteiger partial charge < -0.3 is 10.5 Å². The third kappa shape index (κ3) is 2.72. The van der Waals surface area contributed by atoms with Crippen molar-refractivity contribution >= 4 is 5.82 Å². The second kappa shape index (κ2) is 4.82. The molecule has 0 spiro atoms. The third-order valence-electron chi connectivity index (χ3n) is 2.28. The lowest BCUT2D eigenvalue weighted by Gasteiger charge is -2.06. The minimum Gasteiger partial charge on any atom is -0.494 e. The molecule has 1 aromatic carbocycles. The van der Waals surface area contributed by atoms with Crippen LogP contribution >= 0.6 is 0 Å². The maximum Gasteiger partial charge on any atom is 0.161 e. The average molecular weight is 229 g/mol. The highest BCUT2D eigenvalue weighted by molar-refractivity contribution is 5.59. The molecule has 0 aliphatic rings. The van der Waals surface area contributed by atoms with E-state index >= 15 is 0 Å². The Balaban J connectivity index is 2.41. The molecule has 2 aromatic rings. The first-order valence-electron chi connectivity index (χ1n) is 5.53. The number of nitrogen functional groups attached to an aromatic ring is 1. The van der Waals surface area contributed by atoms with E-state index in [0.29, 0.717) is 18.2 Å². The number of hydrogen-bond acceptors (Lipinski definition) is 4. The van der Waals surface area contributed by atoms with E-state index < -0.39 is 0 Å². The van der Waals surface area contributed by atoms with Crippen LogP contribution in [-0.2, 0) is 0 Å². The fourth-order valence-corrected chi connectivity index (χ4v) is 1.61. The summed E-state index contributed by atoms with van der Waals surface area (Å²) in [7, 11) is 0. The fourth-order valence-electron chi connectivity index (χ4n) is 1.61. The van der Waals surface area contributed by atoms with Gasteiger partial charge >= 0.3 is 0 Å². The largest absolute Gasteiger partial charge is 0.494 e. The van der Waals surface area contributed by atoms with Crippen LogP contribution in [0.25, 0.3) is 11.4 Å². The Hall–Kier alpha value is -2.10. The number of hydrogen-bond donors (Lipinski definition) is 1. The normalized spacial score (nSPS) is 10.2. The summed E-state index contributed by atoms with van der Waals surface area (Å²) in [6.45, 7) is 4.49. The predicted molar refractivity (Wildman–Crippen MR) is 67.8 cm³/mol. The van der Waals surface area contributed by atoms with Gasteiger partial charge in [0.25, 0.3) is 0 Å². The van der Waals surface area contributed by atoms with Gasteiger partial charge in [0.2, 0.25) is 0 Å². The monoisotopic (exact) mass is 229 g/mol. The van der Waals surface area contributed by atoms with Gasteiger partial charge in [-0.2, -0.15) is 0 Å². The molecule has 0 radical (unpaired) electrons. The quantitative estimate of drug-likeness (QED) is 0.878. The second-order valence-corrected chi connectivity index (χ2v) is 3.72. The van der Waals surface area contributed by atoms with Crippen molar-refractivity contribution in [2.45, 2.75) is 13.8 Å². The van der Waals surface area contributed by atoms with Crippen molar-refractivity contribution < 1.29 is 4.74 Å². The smallest absolute Gasteiger partial charge is 0.161 e. The van der Waals surface area contributed by atoms with Gasteiger partial charge in [-0.05, 0) is 26.0 Å². The third-order valence-corrected chi connectivity index (χ3v) is 2.28. The van der Waals surface area contributed by atoms with Crippen molar-refractivity contribution in [3.8, 4) is 17.1 Å². The number of nitrogens with zero attached hydrogens (tertiary/aromatic N) is 2. The first-order valence-corrected chi connectivity index (χ1v) is 5.53. The van der Waals surface area contributed by atoms with E-state index in [-0.39, 0.29) is 0 Å². The van der Waals surface area contributed by atoms with E-state index in [0.717, 1.165) is 17.0 Å². The van der Waals surface area contributed by atoms with Gasteiger partial charge in [0.15, 0.2) is 5.82 Å². The number of aromatic nitrogens is 2. The first kappa shape index (κ1) is 11.4. The fraction of sp³-hybridized carbons (Fsp3) is 0.231. The molecule has 4 heteroatoms. The van der Waals surface area contributed by atoms with Crippen LogP contribution in [0.4, 0.5) is 5.82 Å². The van der Waals surface area contributed by atoms with Crippen LogP contribution in [0.3, 0.4) is 0 Å². The zero-order valence-electron chi connectivity index (χ0n) is 9.97. The molecule has 2 rings (SSSR count). The lowest BCUT2D eigenvalue weighted by molar-refractivity contribution is 0.340. The van der Waals surface area contributed by atoms with Crippen LogP contribution in [0.15, 0.2) is 30.3 Å².